The van der Waals surface area contributed by atoms with Crippen LogP contribution >= 0.6 is 23.2 Å². The smallest absolute Gasteiger partial charge is 0.246 e. The maximum Gasteiger partial charge on any atom is 0.246 e. The lowest BCUT2D eigenvalue weighted by Gasteiger charge is -2.34. The maximum atomic E-state index is 12.3. The fourth-order valence-electron chi connectivity index (χ4n) is 2.48. The Morgan fingerprint density at radius 1 is 1.08 bits per heavy atom. The summed E-state index contributed by atoms with van der Waals surface area (Å²) < 4.78 is 0. The van der Waals surface area contributed by atoms with Gasteiger partial charge in [0.15, 0.2) is 0 Å². The Morgan fingerprint density at radius 3 is 2.46 bits per heavy atom. The Kier molecular flexibility index (Phi) is 5.33. The number of hydrogen-bond donors (Lipinski definition) is 0. The predicted octanol–water partition coefficient (Wildman–Crippen LogP) is 3.15. The predicted molar refractivity (Wildman–Crippen MR) is 96.3 cm³/mol. The van der Waals surface area contributed by atoms with Gasteiger partial charge in [0.2, 0.25) is 11.9 Å². The summed E-state index contributed by atoms with van der Waals surface area (Å²) in [7, 11) is 0. The third kappa shape index (κ3) is 4.04. The number of anilines is 1. The summed E-state index contributed by atoms with van der Waals surface area (Å²) >= 11 is 12.0. The molecule has 0 saturated carbocycles. The fraction of sp³-hybridized carbons (Fsp3) is 0.235. The molecule has 0 bridgehead atoms. The second-order valence-electron chi connectivity index (χ2n) is 5.36. The molecule has 1 saturated heterocycles. The number of carbonyl (C=O) groups excluding carboxylic acids is 1. The molecule has 1 fully saturated rings. The molecule has 124 valence electrons. The van der Waals surface area contributed by atoms with E-state index < -0.39 is 0 Å². The number of amides is 1. The summed E-state index contributed by atoms with van der Waals surface area (Å²) in [6.07, 6.45) is 6.70. The van der Waals surface area contributed by atoms with Gasteiger partial charge in [-0.1, -0.05) is 29.3 Å². The van der Waals surface area contributed by atoms with Gasteiger partial charge in [-0.2, -0.15) is 0 Å². The van der Waals surface area contributed by atoms with Gasteiger partial charge in [0.25, 0.3) is 0 Å². The van der Waals surface area contributed by atoms with Crippen LogP contribution in [-0.4, -0.2) is 47.0 Å². The minimum atomic E-state index is -0.0327. The normalized spacial score (nSPS) is 15.1. The Morgan fingerprint density at radius 2 is 1.79 bits per heavy atom. The molecule has 0 radical (unpaired) electrons. The summed E-state index contributed by atoms with van der Waals surface area (Å²) in [4.78, 5) is 24.7. The molecule has 2 heterocycles. The molecule has 1 aromatic carbocycles. The first-order chi connectivity index (χ1) is 11.6. The van der Waals surface area contributed by atoms with Crippen molar-refractivity contribution in [1.82, 2.24) is 14.9 Å². The van der Waals surface area contributed by atoms with Crippen LogP contribution in [0.15, 0.2) is 42.7 Å². The van der Waals surface area contributed by atoms with Crippen LogP contribution < -0.4 is 4.90 Å². The molecule has 0 unspecified atom stereocenters. The quantitative estimate of drug-likeness (QED) is 0.787. The van der Waals surface area contributed by atoms with Crippen molar-refractivity contribution in [2.24, 2.45) is 0 Å². The van der Waals surface area contributed by atoms with Crippen molar-refractivity contribution < 1.29 is 4.79 Å². The van der Waals surface area contributed by atoms with Crippen LogP contribution in [0.25, 0.3) is 6.08 Å². The first-order valence-corrected chi connectivity index (χ1v) is 8.33. The van der Waals surface area contributed by atoms with Crippen molar-refractivity contribution in [1.29, 1.82) is 0 Å². The van der Waals surface area contributed by atoms with Gasteiger partial charge in [-0.15, -0.1) is 0 Å². The molecule has 2 aromatic rings. The lowest BCUT2D eigenvalue weighted by atomic mass is 10.2. The monoisotopic (exact) mass is 362 g/mol. The Bertz CT molecular complexity index is 744. The van der Waals surface area contributed by atoms with Gasteiger partial charge in [0.05, 0.1) is 0 Å². The average molecular weight is 363 g/mol. The number of rotatable bonds is 3. The van der Waals surface area contributed by atoms with Crippen LogP contribution in [-0.2, 0) is 4.79 Å². The van der Waals surface area contributed by atoms with Crippen LogP contribution in [0.3, 0.4) is 0 Å². The first-order valence-electron chi connectivity index (χ1n) is 7.57. The fourth-order valence-corrected chi connectivity index (χ4v) is 2.96. The summed E-state index contributed by atoms with van der Waals surface area (Å²) in [6, 6.07) is 6.98. The van der Waals surface area contributed by atoms with Crippen molar-refractivity contribution in [2.45, 2.75) is 0 Å². The molecular formula is C17H16Cl2N4O. The zero-order valence-corrected chi connectivity index (χ0v) is 14.4. The van der Waals surface area contributed by atoms with E-state index >= 15 is 0 Å². The molecule has 24 heavy (non-hydrogen) atoms. The van der Waals surface area contributed by atoms with Crippen LogP contribution in [0.4, 0.5) is 5.95 Å². The molecule has 0 N–H and O–H groups in total. The molecule has 0 spiro atoms. The second-order valence-corrected chi connectivity index (χ2v) is 6.20. The van der Waals surface area contributed by atoms with Gasteiger partial charge >= 0.3 is 0 Å². The maximum absolute atomic E-state index is 12.3. The lowest BCUT2D eigenvalue weighted by molar-refractivity contribution is -0.126. The molecule has 1 aliphatic heterocycles. The molecule has 0 aliphatic carbocycles. The highest BCUT2D eigenvalue weighted by atomic mass is 35.5. The van der Waals surface area contributed by atoms with Crippen LogP contribution in [0.1, 0.15) is 5.56 Å². The van der Waals surface area contributed by atoms with Gasteiger partial charge in [0, 0.05) is 54.7 Å². The third-order valence-electron chi connectivity index (χ3n) is 3.79. The van der Waals surface area contributed by atoms with Gasteiger partial charge < -0.3 is 9.80 Å². The Balaban J connectivity index is 1.58. The van der Waals surface area contributed by atoms with E-state index in [1.807, 2.05) is 0 Å². The highest BCUT2D eigenvalue weighted by Gasteiger charge is 2.20. The zero-order chi connectivity index (χ0) is 16.9. The largest absolute Gasteiger partial charge is 0.337 e. The van der Waals surface area contributed by atoms with E-state index in [-0.39, 0.29) is 5.91 Å². The number of benzene rings is 1. The van der Waals surface area contributed by atoms with Crippen molar-refractivity contribution in [2.75, 3.05) is 31.1 Å². The molecule has 0 atom stereocenters. The molecule has 5 nitrogen and oxygen atoms in total. The summed E-state index contributed by atoms with van der Waals surface area (Å²) in [6.45, 7) is 2.70. The van der Waals surface area contributed by atoms with Gasteiger partial charge in [-0.05, 0) is 29.8 Å². The number of nitrogens with zero attached hydrogens (tertiary/aromatic N) is 4. The average Bonchev–Trinajstić information content (AvgIpc) is 2.62. The molecule has 1 aromatic heterocycles. The van der Waals surface area contributed by atoms with Gasteiger partial charge in [-0.3, -0.25) is 4.79 Å². The highest BCUT2D eigenvalue weighted by Crippen LogP contribution is 2.22. The van der Waals surface area contributed by atoms with Crippen LogP contribution in [0.2, 0.25) is 10.0 Å². The minimum Gasteiger partial charge on any atom is -0.337 e. The summed E-state index contributed by atoms with van der Waals surface area (Å²) in [5.41, 5.74) is 0.769. The van der Waals surface area contributed by atoms with E-state index in [0.717, 1.165) is 5.56 Å². The second kappa shape index (κ2) is 7.64. The van der Waals surface area contributed by atoms with E-state index in [1.165, 1.54) is 0 Å². The molecule has 1 aliphatic rings. The van der Waals surface area contributed by atoms with Crippen LogP contribution in [0, 0.1) is 0 Å². The van der Waals surface area contributed by atoms with Crippen molar-refractivity contribution in [3.8, 4) is 0 Å². The van der Waals surface area contributed by atoms with E-state index in [9.17, 15) is 4.79 Å². The minimum absolute atomic E-state index is 0.0327. The van der Waals surface area contributed by atoms with Crippen molar-refractivity contribution in [3.63, 3.8) is 0 Å². The topological polar surface area (TPSA) is 49.3 Å². The Hall–Kier alpha value is -2.11. The van der Waals surface area contributed by atoms with Crippen molar-refractivity contribution >= 4 is 41.1 Å². The SMILES string of the molecule is O=C(C=Cc1ccc(Cl)cc1Cl)N1CCN(c2ncccn2)CC1. The first kappa shape index (κ1) is 16.7. The Labute approximate surface area is 150 Å². The van der Waals surface area contributed by atoms with E-state index in [0.29, 0.717) is 42.2 Å². The number of aromatic nitrogens is 2. The highest BCUT2D eigenvalue weighted by molar-refractivity contribution is 6.35. The molecule has 3 rings (SSSR count). The van der Waals surface area contributed by atoms with Crippen LogP contribution in [0.5, 0.6) is 0 Å². The molecule has 7 heteroatoms. The summed E-state index contributed by atoms with van der Waals surface area (Å²) in [5.74, 6) is 0.669. The van der Waals surface area contributed by atoms with E-state index in [4.69, 9.17) is 23.2 Å². The summed E-state index contributed by atoms with van der Waals surface area (Å²) in [5, 5.41) is 1.10. The van der Waals surface area contributed by atoms with E-state index in [2.05, 4.69) is 14.9 Å². The number of piperazine rings is 1. The number of hydrogen-bond acceptors (Lipinski definition) is 4. The number of halogens is 2. The number of carbonyl (C=O) groups is 1. The zero-order valence-electron chi connectivity index (χ0n) is 12.9. The lowest BCUT2D eigenvalue weighted by Crippen LogP contribution is -2.48. The third-order valence-corrected chi connectivity index (χ3v) is 4.36. The standard InChI is InChI=1S/C17H16Cl2N4O/c18-14-4-2-13(15(19)12-14)3-5-16(24)22-8-10-23(11-9-22)17-20-6-1-7-21-17/h1-7,12H,8-11H2. The molecular weight excluding hydrogens is 347 g/mol. The van der Waals surface area contributed by atoms with Gasteiger partial charge in [0.1, 0.15) is 0 Å². The van der Waals surface area contributed by atoms with E-state index in [1.54, 1.807) is 53.7 Å². The molecule has 1 amide bonds. The van der Waals surface area contributed by atoms with Gasteiger partial charge in [-0.25, -0.2) is 9.97 Å². The van der Waals surface area contributed by atoms with Crippen molar-refractivity contribution in [3.05, 3.63) is 58.3 Å².